The van der Waals surface area contributed by atoms with E-state index in [1.807, 2.05) is 48.7 Å². The van der Waals surface area contributed by atoms with Crippen molar-refractivity contribution in [3.63, 3.8) is 0 Å². The number of fused-ring (bicyclic) bond motifs is 1. The predicted molar refractivity (Wildman–Crippen MR) is 107 cm³/mol. The SMILES string of the molecule is N#Cc1ccc(C(O)C(c2ccc(C#N)cc2)n2ccc3ccccc32)cc1. The lowest BCUT2D eigenvalue weighted by atomic mass is 9.94. The summed E-state index contributed by atoms with van der Waals surface area (Å²) in [7, 11) is 0. The molecule has 1 aromatic heterocycles. The van der Waals surface area contributed by atoms with E-state index in [0.717, 1.165) is 22.0 Å². The predicted octanol–water partition coefficient (Wildman–Crippen LogP) is 4.71. The van der Waals surface area contributed by atoms with Gasteiger partial charge in [0, 0.05) is 11.7 Å². The monoisotopic (exact) mass is 363 g/mol. The van der Waals surface area contributed by atoms with Crippen molar-refractivity contribution in [2.24, 2.45) is 0 Å². The second-order valence-electron chi connectivity index (χ2n) is 6.64. The maximum atomic E-state index is 11.3. The van der Waals surface area contributed by atoms with Crippen LogP contribution in [0.4, 0.5) is 0 Å². The van der Waals surface area contributed by atoms with Crippen molar-refractivity contribution in [1.29, 1.82) is 10.5 Å². The minimum absolute atomic E-state index is 0.374. The number of aliphatic hydroxyl groups excluding tert-OH is 1. The fourth-order valence-electron chi connectivity index (χ4n) is 3.53. The summed E-state index contributed by atoms with van der Waals surface area (Å²) in [5.74, 6) is 0. The van der Waals surface area contributed by atoms with Gasteiger partial charge in [0.1, 0.15) is 6.10 Å². The Morgan fingerprint density at radius 2 is 1.29 bits per heavy atom. The molecular weight excluding hydrogens is 346 g/mol. The molecule has 0 aliphatic carbocycles. The van der Waals surface area contributed by atoms with Crippen LogP contribution >= 0.6 is 0 Å². The number of aromatic nitrogens is 1. The molecule has 0 bridgehead atoms. The zero-order valence-corrected chi connectivity index (χ0v) is 15.0. The third kappa shape index (κ3) is 3.14. The molecule has 0 amide bonds. The lowest BCUT2D eigenvalue weighted by Crippen LogP contribution is -2.18. The highest BCUT2D eigenvalue weighted by Crippen LogP contribution is 2.35. The maximum absolute atomic E-state index is 11.3. The lowest BCUT2D eigenvalue weighted by molar-refractivity contribution is 0.133. The average Bonchev–Trinajstić information content (AvgIpc) is 3.18. The molecule has 0 aliphatic rings. The van der Waals surface area contributed by atoms with E-state index < -0.39 is 6.10 Å². The molecule has 0 radical (unpaired) electrons. The smallest absolute Gasteiger partial charge is 0.104 e. The van der Waals surface area contributed by atoms with Crippen LogP contribution < -0.4 is 0 Å². The van der Waals surface area contributed by atoms with Gasteiger partial charge in [-0.25, -0.2) is 0 Å². The van der Waals surface area contributed by atoms with E-state index in [1.165, 1.54) is 0 Å². The molecule has 4 aromatic rings. The van der Waals surface area contributed by atoms with E-state index in [9.17, 15) is 5.11 Å². The van der Waals surface area contributed by atoms with Crippen molar-refractivity contribution in [2.75, 3.05) is 0 Å². The van der Waals surface area contributed by atoms with Gasteiger partial charge >= 0.3 is 0 Å². The number of rotatable bonds is 4. The van der Waals surface area contributed by atoms with Crippen molar-refractivity contribution in [3.05, 3.63) is 107 Å². The second kappa shape index (κ2) is 7.40. The molecule has 134 valence electrons. The Labute approximate surface area is 163 Å². The van der Waals surface area contributed by atoms with Crippen LogP contribution in [0, 0.1) is 22.7 Å². The highest BCUT2D eigenvalue weighted by molar-refractivity contribution is 5.80. The zero-order chi connectivity index (χ0) is 19.5. The Morgan fingerprint density at radius 1 is 0.714 bits per heavy atom. The number of nitriles is 2. The number of benzene rings is 3. The quantitative estimate of drug-likeness (QED) is 0.571. The van der Waals surface area contributed by atoms with Crippen LogP contribution in [0.2, 0.25) is 0 Å². The van der Waals surface area contributed by atoms with Crippen LogP contribution in [0.5, 0.6) is 0 Å². The molecule has 4 rings (SSSR count). The molecule has 0 saturated carbocycles. The summed E-state index contributed by atoms with van der Waals surface area (Å²) in [6.45, 7) is 0. The zero-order valence-electron chi connectivity index (χ0n) is 15.0. The second-order valence-corrected chi connectivity index (χ2v) is 6.64. The Morgan fingerprint density at radius 3 is 1.89 bits per heavy atom. The highest BCUT2D eigenvalue weighted by atomic mass is 16.3. The molecule has 4 heteroatoms. The molecule has 1 N–H and O–H groups in total. The Hall–Kier alpha value is -3.86. The standard InChI is InChI=1S/C24H17N3O/c25-15-17-5-9-20(10-6-17)23(24(28)21-11-7-18(16-26)8-12-21)27-14-13-19-3-1-2-4-22(19)27/h1-14,23-24,28H. The van der Waals surface area contributed by atoms with E-state index in [1.54, 1.807) is 36.4 Å². The van der Waals surface area contributed by atoms with Gasteiger partial charge in [0.15, 0.2) is 0 Å². The third-order valence-electron chi connectivity index (χ3n) is 4.99. The van der Waals surface area contributed by atoms with Crippen LogP contribution in [0.25, 0.3) is 10.9 Å². The summed E-state index contributed by atoms with van der Waals surface area (Å²) in [5, 5.41) is 30.5. The molecule has 2 atom stereocenters. The number of para-hydroxylation sites is 1. The third-order valence-corrected chi connectivity index (χ3v) is 4.99. The maximum Gasteiger partial charge on any atom is 0.104 e. The molecule has 0 saturated heterocycles. The van der Waals surface area contributed by atoms with Crippen molar-refractivity contribution < 1.29 is 5.11 Å². The molecule has 1 heterocycles. The minimum atomic E-state index is -0.823. The van der Waals surface area contributed by atoms with Crippen LogP contribution in [0.15, 0.2) is 85.1 Å². The van der Waals surface area contributed by atoms with Gasteiger partial charge in [0.05, 0.1) is 29.3 Å². The van der Waals surface area contributed by atoms with Crippen LogP contribution in [0.3, 0.4) is 0 Å². The molecule has 0 aliphatic heterocycles. The van der Waals surface area contributed by atoms with Gasteiger partial charge in [-0.3, -0.25) is 0 Å². The normalized spacial score (nSPS) is 12.8. The fourth-order valence-corrected chi connectivity index (χ4v) is 3.53. The van der Waals surface area contributed by atoms with Gasteiger partial charge in [-0.05, 0) is 52.9 Å². The van der Waals surface area contributed by atoms with Gasteiger partial charge in [-0.1, -0.05) is 42.5 Å². The first-order valence-electron chi connectivity index (χ1n) is 8.95. The molecule has 3 aromatic carbocycles. The van der Waals surface area contributed by atoms with Crippen LogP contribution in [0.1, 0.15) is 34.4 Å². The summed E-state index contributed by atoms with van der Waals surface area (Å²) in [6, 6.07) is 28.2. The van der Waals surface area contributed by atoms with E-state index in [2.05, 4.69) is 16.7 Å². The van der Waals surface area contributed by atoms with Crippen molar-refractivity contribution in [1.82, 2.24) is 4.57 Å². The van der Waals surface area contributed by atoms with E-state index in [4.69, 9.17) is 10.5 Å². The number of hydrogen-bond acceptors (Lipinski definition) is 3. The van der Waals surface area contributed by atoms with Crippen molar-refractivity contribution >= 4 is 10.9 Å². The van der Waals surface area contributed by atoms with E-state index in [-0.39, 0.29) is 6.04 Å². The van der Waals surface area contributed by atoms with Crippen LogP contribution in [-0.4, -0.2) is 9.67 Å². The van der Waals surface area contributed by atoms with Crippen LogP contribution in [-0.2, 0) is 0 Å². The molecule has 4 nitrogen and oxygen atoms in total. The van der Waals surface area contributed by atoms with Gasteiger partial charge in [0.25, 0.3) is 0 Å². The van der Waals surface area contributed by atoms with Gasteiger partial charge in [0.2, 0.25) is 0 Å². The number of nitrogens with zero attached hydrogens (tertiary/aromatic N) is 3. The largest absolute Gasteiger partial charge is 0.386 e. The summed E-state index contributed by atoms with van der Waals surface area (Å²) < 4.78 is 2.06. The first kappa shape index (κ1) is 17.5. The van der Waals surface area contributed by atoms with E-state index in [0.29, 0.717) is 11.1 Å². The Kier molecular flexibility index (Phi) is 4.64. The molecule has 28 heavy (non-hydrogen) atoms. The Balaban J connectivity index is 1.85. The molecule has 2 unspecified atom stereocenters. The van der Waals surface area contributed by atoms with Crippen molar-refractivity contribution in [3.8, 4) is 12.1 Å². The van der Waals surface area contributed by atoms with Gasteiger partial charge < -0.3 is 9.67 Å². The summed E-state index contributed by atoms with van der Waals surface area (Å²) in [5.41, 5.74) is 3.78. The average molecular weight is 363 g/mol. The fraction of sp³-hybridized carbons (Fsp3) is 0.0833. The molecular formula is C24H17N3O. The summed E-state index contributed by atoms with van der Waals surface area (Å²) in [6.07, 6.45) is 1.15. The topological polar surface area (TPSA) is 72.7 Å². The molecule has 0 fully saturated rings. The summed E-state index contributed by atoms with van der Waals surface area (Å²) in [4.78, 5) is 0. The number of aliphatic hydroxyl groups is 1. The van der Waals surface area contributed by atoms with Gasteiger partial charge in [-0.15, -0.1) is 0 Å². The Bertz CT molecular complexity index is 1190. The lowest BCUT2D eigenvalue weighted by Gasteiger charge is -2.26. The van der Waals surface area contributed by atoms with E-state index >= 15 is 0 Å². The molecule has 0 spiro atoms. The number of hydrogen-bond donors (Lipinski definition) is 1. The first-order chi connectivity index (χ1) is 13.7. The summed E-state index contributed by atoms with van der Waals surface area (Å²) >= 11 is 0. The van der Waals surface area contributed by atoms with Gasteiger partial charge in [-0.2, -0.15) is 10.5 Å². The highest BCUT2D eigenvalue weighted by Gasteiger charge is 2.25. The first-order valence-corrected chi connectivity index (χ1v) is 8.95. The minimum Gasteiger partial charge on any atom is -0.386 e. The van der Waals surface area contributed by atoms with Crippen molar-refractivity contribution in [2.45, 2.75) is 12.1 Å².